The molecule has 0 bridgehead atoms. The highest BCUT2D eigenvalue weighted by molar-refractivity contribution is 9.11. The number of benzene rings is 2. The Bertz CT molecular complexity index is 601. The zero-order valence-electron chi connectivity index (χ0n) is 12.2. The van der Waals surface area contributed by atoms with E-state index < -0.39 is 0 Å². The Kier molecular flexibility index (Phi) is 6.12. The van der Waals surface area contributed by atoms with Crippen LogP contribution in [0.5, 0.6) is 5.75 Å². The summed E-state index contributed by atoms with van der Waals surface area (Å²) < 4.78 is 7.83. The smallest absolute Gasteiger partial charge is 0.121 e. The molecule has 0 saturated carbocycles. The lowest BCUT2D eigenvalue weighted by molar-refractivity contribution is 0.317. The number of hydrogen-bond donors (Lipinski definition) is 1. The summed E-state index contributed by atoms with van der Waals surface area (Å²) >= 11 is 7.09. The number of anilines is 1. The van der Waals surface area contributed by atoms with Crippen molar-refractivity contribution in [1.82, 2.24) is 0 Å². The minimum absolute atomic E-state index is 0.203. The zero-order valence-corrected chi connectivity index (χ0v) is 15.4. The molecule has 2 rings (SSSR count). The van der Waals surface area contributed by atoms with Crippen molar-refractivity contribution in [2.24, 2.45) is 0 Å². The molecular formula is C17H19Br2NO. The van der Waals surface area contributed by atoms with Gasteiger partial charge in [-0.05, 0) is 43.2 Å². The summed E-state index contributed by atoms with van der Waals surface area (Å²) in [5, 5.41) is 3.51. The van der Waals surface area contributed by atoms with Crippen molar-refractivity contribution in [3.05, 3.63) is 57.0 Å². The summed E-state index contributed by atoms with van der Waals surface area (Å²) in [7, 11) is 0. The molecule has 0 heterocycles. The fourth-order valence-corrected chi connectivity index (χ4v) is 3.47. The van der Waals surface area contributed by atoms with E-state index in [9.17, 15) is 0 Å². The van der Waals surface area contributed by atoms with Crippen molar-refractivity contribution < 1.29 is 4.74 Å². The summed E-state index contributed by atoms with van der Waals surface area (Å²) in [5.41, 5.74) is 2.28. The first-order valence-electron chi connectivity index (χ1n) is 7.04. The van der Waals surface area contributed by atoms with E-state index in [1.807, 2.05) is 18.2 Å². The molecule has 0 fully saturated rings. The maximum Gasteiger partial charge on any atom is 0.121 e. The first-order chi connectivity index (χ1) is 10.1. The molecule has 4 heteroatoms. The highest BCUT2D eigenvalue weighted by Crippen LogP contribution is 2.29. The molecule has 2 nitrogen and oxygen atoms in total. The Balaban J connectivity index is 2.10. The molecular weight excluding hydrogens is 394 g/mol. The molecule has 0 spiro atoms. The highest BCUT2D eigenvalue weighted by Gasteiger charge is 2.10. The van der Waals surface area contributed by atoms with Crippen LogP contribution in [-0.2, 0) is 0 Å². The van der Waals surface area contributed by atoms with E-state index in [0.717, 1.165) is 33.4 Å². The Labute approximate surface area is 143 Å². The van der Waals surface area contributed by atoms with Crippen molar-refractivity contribution in [1.29, 1.82) is 0 Å². The van der Waals surface area contributed by atoms with E-state index >= 15 is 0 Å². The predicted octanol–water partition coefficient (Wildman–Crippen LogP) is 6.17. The monoisotopic (exact) mass is 411 g/mol. The molecule has 0 saturated heterocycles. The van der Waals surface area contributed by atoms with Gasteiger partial charge in [0.05, 0.1) is 6.61 Å². The molecule has 1 unspecified atom stereocenters. The van der Waals surface area contributed by atoms with E-state index in [-0.39, 0.29) is 6.04 Å². The summed E-state index contributed by atoms with van der Waals surface area (Å²) in [6.45, 7) is 5.00. The molecule has 0 amide bonds. The molecule has 0 aliphatic rings. The number of nitrogens with one attached hydrogen (secondary N) is 1. The second kappa shape index (κ2) is 7.85. The van der Waals surface area contributed by atoms with Crippen LogP contribution in [0.25, 0.3) is 0 Å². The fourth-order valence-electron chi connectivity index (χ4n) is 2.08. The van der Waals surface area contributed by atoms with Gasteiger partial charge in [-0.15, -0.1) is 0 Å². The molecule has 0 aliphatic heterocycles. The Hall–Kier alpha value is -1.000. The lowest BCUT2D eigenvalue weighted by atomic mass is 10.1. The van der Waals surface area contributed by atoms with Gasteiger partial charge < -0.3 is 10.1 Å². The van der Waals surface area contributed by atoms with Crippen molar-refractivity contribution >= 4 is 37.5 Å². The van der Waals surface area contributed by atoms with Crippen LogP contribution in [0, 0.1) is 0 Å². The third kappa shape index (κ3) is 4.75. The molecule has 0 radical (unpaired) electrons. The van der Waals surface area contributed by atoms with Crippen molar-refractivity contribution in [2.45, 2.75) is 26.3 Å². The van der Waals surface area contributed by atoms with Crippen molar-refractivity contribution in [3.63, 3.8) is 0 Å². The number of ether oxygens (including phenoxy) is 1. The Morgan fingerprint density at radius 2 is 1.95 bits per heavy atom. The zero-order chi connectivity index (χ0) is 15.2. The summed E-state index contributed by atoms with van der Waals surface area (Å²) in [5.74, 6) is 0.906. The minimum atomic E-state index is 0.203. The fraction of sp³-hybridized carbons (Fsp3) is 0.294. The second-order valence-corrected chi connectivity index (χ2v) is 6.68. The van der Waals surface area contributed by atoms with Gasteiger partial charge in [0.15, 0.2) is 0 Å². The second-order valence-electron chi connectivity index (χ2n) is 4.91. The first-order valence-corrected chi connectivity index (χ1v) is 8.63. The van der Waals surface area contributed by atoms with Crippen LogP contribution in [0.4, 0.5) is 5.69 Å². The van der Waals surface area contributed by atoms with E-state index in [4.69, 9.17) is 4.74 Å². The first kappa shape index (κ1) is 16.4. The Morgan fingerprint density at radius 1 is 1.14 bits per heavy atom. The SMILES string of the molecule is CCCOc1cccc(NC(C)c2ccc(Br)cc2Br)c1. The van der Waals surface area contributed by atoms with Gasteiger partial charge in [0.25, 0.3) is 0 Å². The van der Waals surface area contributed by atoms with Gasteiger partial charge in [-0.2, -0.15) is 0 Å². The van der Waals surface area contributed by atoms with Crippen LogP contribution >= 0.6 is 31.9 Å². The molecule has 112 valence electrons. The predicted molar refractivity (Wildman–Crippen MR) is 96.1 cm³/mol. The summed E-state index contributed by atoms with van der Waals surface area (Å²) in [6.07, 6.45) is 1.01. The average molecular weight is 413 g/mol. The van der Waals surface area contributed by atoms with E-state index in [1.54, 1.807) is 0 Å². The summed E-state index contributed by atoms with van der Waals surface area (Å²) in [6, 6.07) is 14.5. The normalized spacial score (nSPS) is 12.0. The largest absolute Gasteiger partial charge is 0.494 e. The van der Waals surface area contributed by atoms with Gasteiger partial charge in [-0.1, -0.05) is 50.9 Å². The molecule has 21 heavy (non-hydrogen) atoms. The lowest BCUT2D eigenvalue weighted by Gasteiger charge is -2.18. The van der Waals surface area contributed by atoms with Crippen molar-refractivity contribution in [2.75, 3.05) is 11.9 Å². The van der Waals surface area contributed by atoms with Crippen molar-refractivity contribution in [3.8, 4) is 5.75 Å². The van der Waals surface area contributed by atoms with Gasteiger partial charge in [-0.3, -0.25) is 0 Å². The van der Waals surface area contributed by atoms with Gasteiger partial charge in [0, 0.05) is 26.7 Å². The lowest BCUT2D eigenvalue weighted by Crippen LogP contribution is -2.07. The van der Waals surface area contributed by atoms with Crippen LogP contribution in [0.15, 0.2) is 51.4 Å². The average Bonchev–Trinajstić information content (AvgIpc) is 2.45. The maximum atomic E-state index is 5.67. The molecule has 0 aromatic heterocycles. The molecule has 2 aromatic rings. The third-order valence-electron chi connectivity index (χ3n) is 3.12. The quantitative estimate of drug-likeness (QED) is 0.612. The van der Waals surface area contributed by atoms with Crippen LogP contribution in [0.1, 0.15) is 31.9 Å². The molecule has 2 aromatic carbocycles. The molecule has 1 atom stereocenters. The van der Waals surface area contributed by atoms with E-state index in [1.165, 1.54) is 5.56 Å². The minimum Gasteiger partial charge on any atom is -0.494 e. The molecule has 1 N–H and O–H groups in total. The highest BCUT2D eigenvalue weighted by atomic mass is 79.9. The topological polar surface area (TPSA) is 21.3 Å². The van der Waals surface area contributed by atoms with Gasteiger partial charge in [0.2, 0.25) is 0 Å². The van der Waals surface area contributed by atoms with Gasteiger partial charge in [0.1, 0.15) is 5.75 Å². The van der Waals surface area contributed by atoms with Crippen LogP contribution in [0.2, 0.25) is 0 Å². The molecule has 0 aliphatic carbocycles. The third-order valence-corrected chi connectivity index (χ3v) is 4.30. The Morgan fingerprint density at radius 3 is 2.67 bits per heavy atom. The number of rotatable bonds is 6. The van der Waals surface area contributed by atoms with Crippen LogP contribution < -0.4 is 10.1 Å². The number of halogens is 2. The van der Waals surface area contributed by atoms with Crippen LogP contribution in [-0.4, -0.2) is 6.61 Å². The van der Waals surface area contributed by atoms with Gasteiger partial charge in [-0.25, -0.2) is 0 Å². The summed E-state index contributed by atoms with van der Waals surface area (Å²) in [4.78, 5) is 0. The standard InChI is InChI=1S/C17H19Br2NO/c1-3-9-21-15-6-4-5-14(11-15)20-12(2)16-8-7-13(18)10-17(16)19/h4-8,10-12,20H,3,9H2,1-2H3. The van der Waals surface area contributed by atoms with E-state index in [2.05, 4.69) is 75.3 Å². The maximum absolute atomic E-state index is 5.67. The van der Waals surface area contributed by atoms with Crippen LogP contribution in [0.3, 0.4) is 0 Å². The van der Waals surface area contributed by atoms with Gasteiger partial charge >= 0.3 is 0 Å². The number of hydrogen-bond acceptors (Lipinski definition) is 2. The van der Waals surface area contributed by atoms with E-state index in [0.29, 0.717) is 0 Å².